The zero-order chi connectivity index (χ0) is 13.4. The molecule has 0 radical (unpaired) electrons. The Morgan fingerprint density at radius 2 is 1.82 bits per heavy atom. The molecule has 0 saturated heterocycles. The van der Waals surface area contributed by atoms with E-state index in [1.807, 2.05) is 0 Å². The number of carbonyl (C=O) groups is 1. The van der Waals surface area contributed by atoms with Crippen LogP contribution in [0.2, 0.25) is 5.02 Å². The number of alkyl halides is 5. The first-order chi connectivity index (χ1) is 7.64. The van der Waals surface area contributed by atoms with Crippen LogP contribution in [0.15, 0.2) is 12.1 Å². The van der Waals surface area contributed by atoms with Gasteiger partial charge >= 0.3 is 6.18 Å². The van der Waals surface area contributed by atoms with Gasteiger partial charge in [0.1, 0.15) is 0 Å². The maximum absolute atomic E-state index is 12.5. The molecule has 7 heteroatoms. The van der Waals surface area contributed by atoms with Crippen molar-refractivity contribution >= 4 is 17.4 Å². The van der Waals surface area contributed by atoms with Crippen molar-refractivity contribution in [3.63, 3.8) is 0 Å². The predicted molar refractivity (Wildman–Crippen MR) is 51.4 cm³/mol. The van der Waals surface area contributed by atoms with Crippen molar-refractivity contribution in [2.45, 2.75) is 19.5 Å². The number of rotatable bonds is 2. The summed E-state index contributed by atoms with van der Waals surface area (Å²) in [7, 11) is 0. The van der Waals surface area contributed by atoms with Crippen LogP contribution in [0.1, 0.15) is 34.8 Å². The zero-order valence-corrected chi connectivity index (χ0v) is 9.16. The van der Waals surface area contributed by atoms with E-state index in [2.05, 4.69) is 0 Å². The SMILES string of the molecule is CC(=O)c1cc(C(F)F)c(Cl)c(C(F)(F)F)c1. The number of ketones is 1. The number of hydrogen-bond acceptors (Lipinski definition) is 1. The minimum absolute atomic E-state index is 0.447. The molecule has 17 heavy (non-hydrogen) atoms. The molecule has 0 amide bonds. The minimum atomic E-state index is -4.88. The molecular formula is C10H6ClF5O. The molecule has 0 aromatic heterocycles. The summed E-state index contributed by atoms with van der Waals surface area (Å²) in [4.78, 5) is 11.0. The minimum Gasteiger partial charge on any atom is -0.295 e. The smallest absolute Gasteiger partial charge is 0.295 e. The van der Waals surface area contributed by atoms with Crippen molar-refractivity contribution in [1.29, 1.82) is 0 Å². The molecular weight excluding hydrogens is 267 g/mol. The van der Waals surface area contributed by atoms with Gasteiger partial charge in [0.2, 0.25) is 0 Å². The van der Waals surface area contributed by atoms with Gasteiger partial charge in [-0.1, -0.05) is 11.6 Å². The second kappa shape index (κ2) is 4.60. The standard InChI is InChI=1S/C10H6ClF5O/c1-4(17)5-2-6(9(12)13)8(11)7(3-5)10(14,15)16/h2-3,9H,1H3. The van der Waals surface area contributed by atoms with Gasteiger partial charge in [-0.3, -0.25) is 4.79 Å². The van der Waals surface area contributed by atoms with E-state index in [-0.39, 0.29) is 0 Å². The van der Waals surface area contributed by atoms with Crippen molar-refractivity contribution in [2.24, 2.45) is 0 Å². The van der Waals surface area contributed by atoms with Crippen molar-refractivity contribution < 1.29 is 26.7 Å². The molecule has 0 atom stereocenters. The van der Waals surface area contributed by atoms with E-state index < -0.39 is 40.1 Å². The van der Waals surface area contributed by atoms with Crippen molar-refractivity contribution in [1.82, 2.24) is 0 Å². The Hall–Kier alpha value is -1.17. The summed E-state index contributed by atoms with van der Waals surface area (Å²) in [6.45, 7) is 0.985. The third-order valence-corrected chi connectivity index (χ3v) is 2.47. The van der Waals surface area contributed by atoms with Gasteiger partial charge < -0.3 is 0 Å². The summed E-state index contributed by atoms with van der Waals surface area (Å²) in [5, 5.41) is -1.07. The molecule has 0 aliphatic rings. The fraction of sp³-hybridized carbons (Fsp3) is 0.300. The van der Waals surface area contributed by atoms with Crippen LogP contribution in [0.25, 0.3) is 0 Å². The van der Waals surface area contributed by atoms with E-state index in [0.717, 1.165) is 6.92 Å². The highest BCUT2D eigenvalue weighted by atomic mass is 35.5. The Morgan fingerprint density at radius 1 is 1.29 bits per heavy atom. The number of benzene rings is 1. The van der Waals surface area contributed by atoms with Crippen LogP contribution < -0.4 is 0 Å². The maximum atomic E-state index is 12.5. The molecule has 1 nitrogen and oxygen atoms in total. The summed E-state index contributed by atoms with van der Waals surface area (Å²) in [6.07, 6.45) is -8.06. The van der Waals surface area contributed by atoms with Crippen LogP contribution in [0, 0.1) is 0 Å². The van der Waals surface area contributed by atoms with Gasteiger partial charge in [0.25, 0.3) is 6.43 Å². The molecule has 0 aliphatic heterocycles. The Kier molecular flexibility index (Phi) is 3.76. The van der Waals surface area contributed by atoms with Gasteiger partial charge in [-0.05, 0) is 19.1 Å². The van der Waals surface area contributed by atoms with Crippen LogP contribution in [0.5, 0.6) is 0 Å². The lowest BCUT2D eigenvalue weighted by Crippen LogP contribution is -2.10. The van der Waals surface area contributed by atoms with Crippen LogP contribution in [0.4, 0.5) is 22.0 Å². The van der Waals surface area contributed by atoms with Crippen LogP contribution >= 0.6 is 11.6 Å². The van der Waals surface area contributed by atoms with E-state index in [1.165, 1.54) is 0 Å². The van der Waals surface area contributed by atoms with E-state index >= 15 is 0 Å². The molecule has 1 aromatic rings. The first-order valence-corrected chi connectivity index (χ1v) is 4.72. The average molecular weight is 273 g/mol. The van der Waals surface area contributed by atoms with Crippen molar-refractivity contribution in [3.8, 4) is 0 Å². The molecule has 1 rings (SSSR count). The van der Waals surface area contributed by atoms with Crippen molar-refractivity contribution in [2.75, 3.05) is 0 Å². The largest absolute Gasteiger partial charge is 0.417 e. The molecule has 0 heterocycles. The lowest BCUT2D eigenvalue weighted by molar-refractivity contribution is -0.137. The van der Waals surface area contributed by atoms with Crippen molar-refractivity contribution in [3.05, 3.63) is 33.8 Å². The summed E-state index contributed by atoms with van der Waals surface area (Å²) < 4.78 is 62.4. The molecule has 0 N–H and O–H groups in total. The second-order valence-electron chi connectivity index (χ2n) is 3.28. The predicted octanol–water partition coefficient (Wildman–Crippen LogP) is 4.50. The Morgan fingerprint density at radius 3 is 2.18 bits per heavy atom. The van der Waals surface area contributed by atoms with Gasteiger partial charge in [-0.2, -0.15) is 13.2 Å². The summed E-state index contributed by atoms with van der Waals surface area (Å²) in [6, 6.07) is 1.14. The first kappa shape index (κ1) is 13.9. The van der Waals surface area contributed by atoms with Crippen LogP contribution in [-0.2, 0) is 6.18 Å². The van der Waals surface area contributed by atoms with Gasteiger partial charge in [-0.15, -0.1) is 0 Å². The molecule has 0 spiro atoms. The molecule has 0 unspecified atom stereocenters. The fourth-order valence-corrected chi connectivity index (χ4v) is 1.51. The molecule has 0 bridgehead atoms. The topological polar surface area (TPSA) is 17.1 Å². The van der Waals surface area contributed by atoms with E-state index in [1.54, 1.807) is 0 Å². The number of hydrogen-bond donors (Lipinski definition) is 0. The van der Waals surface area contributed by atoms with Crippen LogP contribution in [-0.4, -0.2) is 5.78 Å². The van der Waals surface area contributed by atoms with Gasteiger partial charge in [0.15, 0.2) is 5.78 Å². The van der Waals surface area contributed by atoms with Gasteiger partial charge in [0.05, 0.1) is 10.6 Å². The van der Waals surface area contributed by atoms with E-state index in [4.69, 9.17) is 11.6 Å². The fourth-order valence-electron chi connectivity index (χ4n) is 1.22. The number of carbonyl (C=O) groups excluding carboxylic acids is 1. The lowest BCUT2D eigenvalue weighted by atomic mass is 10.0. The number of halogens is 6. The highest BCUT2D eigenvalue weighted by molar-refractivity contribution is 6.32. The zero-order valence-electron chi connectivity index (χ0n) is 8.41. The molecule has 0 fully saturated rings. The quantitative estimate of drug-likeness (QED) is 0.572. The monoisotopic (exact) mass is 272 g/mol. The molecule has 1 aromatic carbocycles. The second-order valence-corrected chi connectivity index (χ2v) is 3.66. The summed E-state index contributed by atoms with van der Waals surface area (Å²) in [5.41, 5.74) is -2.87. The van der Waals surface area contributed by atoms with Gasteiger partial charge in [0, 0.05) is 11.1 Å². The third kappa shape index (κ3) is 2.94. The first-order valence-electron chi connectivity index (χ1n) is 4.34. The lowest BCUT2D eigenvalue weighted by Gasteiger charge is -2.13. The summed E-state index contributed by atoms with van der Waals surface area (Å²) >= 11 is 5.25. The third-order valence-electron chi connectivity index (χ3n) is 2.05. The Labute approximate surface area is 98.2 Å². The molecule has 0 aliphatic carbocycles. The van der Waals surface area contributed by atoms with Crippen LogP contribution in [0.3, 0.4) is 0 Å². The Balaban J connectivity index is 3.55. The van der Waals surface area contributed by atoms with E-state index in [0.29, 0.717) is 12.1 Å². The average Bonchev–Trinajstić information content (AvgIpc) is 2.15. The molecule has 0 saturated carbocycles. The number of Topliss-reactive ketones (excluding diaryl/α,β-unsaturated/α-hetero) is 1. The maximum Gasteiger partial charge on any atom is 0.417 e. The summed E-state index contributed by atoms with van der Waals surface area (Å²) in [5.74, 6) is -0.742. The normalized spacial score (nSPS) is 12.0. The molecule has 94 valence electrons. The highest BCUT2D eigenvalue weighted by Gasteiger charge is 2.36. The Bertz CT molecular complexity index is 453. The van der Waals surface area contributed by atoms with E-state index in [9.17, 15) is 26.7 Å². The highest BCUT2D eigenvalue weighted by Crippen LogP contribution is 2.40. The van der Waals surface area contributed by atoms with Gasteiger partial charge in [-0.25, -0.2) is 8.78 Å².